The van der Waals surface area contributed by atoms with Gasteiger partial charge >= 0.3 is 6.61 Å². The lowest BCUT2D eigenvalue weighted by molar-refractivity contribution is -0.385. The van der Waals surface area contributed by atoms with Crippen molar-refractivity contribution in [2.24, 2.45) is 0 Å². The Bertz CT molecular complexity index is 473. The third kappa shape index (κ3) is 2.55. The van der Waals surface area contributed by atoms with Crippen molar-refractivity contribution in [1.29, 1.82) is 5.26 Å². The SMILES string of the molecule is N#Cc1c(OC(F)F)cc(Cl)cc1[N+](=O)[O-]. The van der Waals surface area contributed by atoms with Gasteiger partial charge in [-0.05, 0) is 0 Å². The third-order valence-corrected chi connectivity index (χ3v) is 1.79. The summed E-state index contributed by atoms with van der Waals surface area (Å²) in [5.41, 5.74) is -1.26. The zero-order chi connectivity index (χ0) is 12.3. The molecule has 0 aromatic heterocycles. The predicted octanol–water partition coefficient (Wildman–Crippen LogP) is 2.72. The molecular formula is C8H3ClF2N2O3. The van der Waals surface area contributed by atoms with Crippen LogP contribution in [0.4, 0.5) is 14.5 Å². The number of nitrogens with zero attached hydrogens (tertiary/aromatic N) is 2. The summed E-state index contributed by atoms with van der Waals surface area (Å²) in [6.45, 7) is -3.19. The lowest BCUT2D eigenvalue weighted by Gasteiger charge is -2.06. The van der Waals surface area contributed by atoms with Crippen LogP contribution in [0.5, 0.6) is 5.75 Å². The van der Waals surface area contributed by atoms with Gasteiger partial charge in [0.05, 0.1) is 9.95 Å². The van der Waals surface area contributed by atoms with Crippen molar-refractivity contribution in [3.63, 3.8) is 0 Å². The van der Waals surface area contributed by atoms with Gasteiger partial charge in [-0.15, -0.1) is 0 Å². The molecule has 8 heteroatoms. The van der Waals surface area contributed by atoms with Crippen LogP contribution in [0.2, 0.25) is 5.02 Å². The van der Waals surface area contributed by atoms with Crippen LogP contribution in [0.15, 0.2) is 12.1 Å². The first-order valence-electron chi connectivity index (χ1n) is 3.78. The molecule has 0 heterocycles. The van der Waals surface area contributed by atoms with Crippen LogP contribution in [0, 0.1) is 21.4 Å². The van der Waals surface area contributed by atoms with Crippen LogP contribution in [0.3, 0.4) is 0 Å². The Labute approximate surface area is 93.0 Å². The minimum atomic E-state index is -3.19. The number of nitro groups is 1. The fraction of sp³-hybridized carbons (Fsp3) is 0.125. The number of nitriles is 1. The highest BCUT2D eigenvalue weighted by Crippen LogP contribution is 2.32. The molecule has 0 saturated heterocycles. The molecule has 1 aromatic rings. The normalized spacial score (nSPS) is 9.94. The van der Waals surface area contributed by atoms with Crippen molar-refractivity contribution in [2.45, 2.75) is 6.61 Å². The molecule has 0 fully saturated rings. The molecular weight excluding hydrogens is 246 g/mol. The molecule has 0 N–H and O–H groups in total. The molecule has 0 bridgehead atoms. The van der Waals surface area contributed by atoms with Gasteiger partial charge in [0.1, 0.15) is 6.07 Å². The number of hydrogen-bond acceptors (Lipinski definition) is 4. The quantitative estimate of drug-likeness (QED) is 0.609. The molecule has 0 saturated carbocycles. The van der Waals surface area contributed by atoms with Gasteiger partial charge in [0.25, 0.3) is 5.69 Å². The standard InChI is InChI=1S/C8H3ClF2N2O3/c9-4-1-6(13(14)15)5(3-12)7(2-4)16-8(10)11/h1-2,8H. The van der Waals surface area contributed by atoms with E-state index in [-0.39, 0.29) is 5.02 Å². The zero-order valence-electron chi connectivity index (χ0n) is 7.49. The summed E-state index contributed by atoms with van der Waals surface area (Å²) in [5, 5.41) is 19.0. The van der Waals surface area contributed by atoms with Gasteiger partial charge < -0.3 is 4.74 Å². The largest absolute Gasteiger partial charge is 0.433 e. The van der Waals surface area contributed by atoms with Gasteiger partial charge in [0.2, 0.25) is 0 Å². The Hall–Kier alpha value is -1.94. The second-order valence-corrected chi connectivity index (χ2v) is 2.98. The van der Waals surface area contributed by atoms with Crippen molar-refractivity contribution >= 4 is 17.3 Å². The van der Waals surface area contributed by atoms with E-state index < -0.39 is 28.5 Å². The summed E-state index contributed by atoms with van der Waals surface area (Å²) < 4.78 is 27.9. The summed E-state index contributed by atoms with van der Waals surface area (Å²) in [7, 11) is 0. The highest BCUT2D eigenvalue weighted by atomic mass is 35.5. The average Bonchev–Trinajstić information content (AvgIpc) is 2.15. The number of rotatable bonds is 3. The molecule has 0 radical (unpaired) electrons. The van der Waals surface area contributed by atoms with Crippen LogP contribution in [0.25, 0.3) is 0 Å². The molecule has 0 amide bonds. The first-order chi connectivity index (χ1) is 7.45. The number of alkyl halides is 2. The van der Waals surface area contributed by atoms with Crippen molar-refractivity contribution in [1.82, 2.24) is 0 Å². The van der Waals surface area contributed by atoms with E-state index in [4.69, 9.17) is 16.9 Å². The van der Waals surface area contributed by atoms with Gasteiger partial charge in [0.15, 0.2) is 11.3 Å². The highest BCUT2D eigenvalue weighted by Gasteiger charge is 2.22. The number of halogens is 3. The Morgan fingerprint density at radius 1 is 1.56 bits per heavy atom. The van der Waals surface area contributed by atoms with E-state index >= 15 is 0 Å². The molecule has 84 valence electrons. The van der Waals surface area contributed by atoms with Crippen LogP contribution in [-0.4, -0.2) is 11.5 Å². The molecule has 0 unspecified atom stereocenters. The number of nitro benzene ring substituents is 1. The Morgan fingerprint density at radius 2 is 2.19 bits per heavy atom. The van der Waals surface area contributed by atoms with Crippen molar-refractivity contribution < 1.29 is 18.4 Å². The molecule has 16 heavy (non-hydrogen) atoms. The van der Waals surface area contributed by atoms with Crippen LogP contribution >= 0.6 is 11.6 Å². The molecule has 5 nitrogen and oxygen atoms in total. The van der Waals surface area contributed by atoms with Crippen molar-refractivity contribution in [3.05, 3.63) is 32.8 Å². The van der Waals surface area contributed by atoms with Gasteiger partial charge in [0, 0.05) is 12.1 Å². The topological polar surface area (TPSA) is 76.2 Å². The van der Waals surface area contributed by atoms with Crippen LogP contribution in [-0.2, 0) is 0 Å². The van der Waals surface area contributed by atoms with Gasteiger partial charge in [-0.25, -0.2) is 0 Å². The molecule has 0 aliphatic rings. The van der Waals surface area contributed by atoms with Gasteiger partial charge in [-0.2, -0.15) is 14.0 Å². The minimum Gasteiger partial charge on any atom is -0.433 e. The van der Waals surface area contributed by atoms with E-state index in [1.807, 2.05) is 0 Å². The fourth-order valence-corrected chi connectivity index (χ4v) is 1.22. The van der Waals surface area contributed by atoms with E-state index in [1.165, 1.54) is 6.07 Å². The number of benzene rings is 1. The monoisotopic (exact) mass is 248 g/mol. The number of hydrogen-bond donors (Lipinski definition) is 0. The highest BCUT2D eigenvalue weighted by molar-refractivity contribution is 6.31. The second-order valence-electron chi connectivity index (χ2n) is 2.55. The summed E-state index contributed by atoms with van der Waals surface area (Å²) in [4.78, 5) is 9.62. The Morgan fingerprint density at radius 3 is 2.62 bits per heavy atom. The smallest absolute Gasteiger partial charge is 0.387 e. The van der Waals surface area contributed by atoms with Crippen molar-refractivity contribution in [3.8, 4) is 11.8 Å². The van der Waals surface area contributed by atoms with Gasteiger partial charge in [-0.3, -0.25) is 10.1 Å². The first kappa shape index (κ1) is 12.1. The fourth-order valence-electron chi connectivity index (χ4n) is 1.01. The zero-order valence-corrected chi connectivity index (χ0v) is 8.24. The maximum Gasteiger partial charge on any atom is 0.387 e. The molecule has 1 rings (SSSR count). The van der Waals surface area contributed by atoms with Crippen LogP contribution in [0.1, 0.15) is 5.56 Å². The molecule has 0 aliphatic carbocycles. The predicted molar refractivity (Wildman–Crippen MR) is 49.5 cm³/mol. The Balaban J connectivity index is 3.37. The Kier molecular flexibility index (Phi) is 3.58. The maximum atomic E-state index is 12.0. The summed E-state index contributed by atoms with van der Waals surface area (Å²) in [6, 6.07) is 3.22. The van der Waals surface area contributed by atoms with E-state index in [0.717, 1.165) is 12.1 Å². The summed E-state index contributed by atoms with van der Waals surface area (Å²) >= 11 is 5.47. The molecule has 1 aromatic carbocycles. The van der Waals surface area contributed by atoms with Gasteiger partial charge in [-0.1, -0.05) is 11.6 Å². The second kappa shape index (κ2) is 4.72. The lowest BCUT2D eigenvalue weighted by Crippen LogP contribution is -2.05. The summed E-state index contributed by atoms with van der Waals surface area (Å²) in [5.74, 6) is -0.614. The molecule has 0 spiro atoms. The average molecular weight is 249 g/mol. The molecule has 0 atom stereocenters. The van der Waals surface area contributed by atoms with Crippen molar-refractivity contribution in [2.75, 3.05) is 0 Å². The van der Waals surface area contributed by atoms with E-state index in [1.54, 1.807) is 0 Å². The first-order valence-corrected chi connectivity index (χ1v) is 4.16. The van der Waals surface area contributed by atoms with E-state index in [9.17, 15) is 18.9 Å². The lowest BCUT2D eigenvalue weighted by atomic mass is 10.2. The molecule has 0 aliphatic heterocycles. The third-order valence-electron chi connectivity index (χ3n) is 1.57. The van der Waals surface area contributed by atoms with E-state index in [0.29, 0.717) is 0 Å². The van der Waals surface area contributed by atoms with E-state index in [2.05, 4.69) is 4.74 Å². The van der Waals surface area contributed by atoms with Crippen LogP contribution < -0.4 is 4.74 Å². The summed E-state index contributed by atoms with van der Waals surface area (Å²) in [6.07, 6.45) is 0. The number of ether oxygens (including phenoxy) is 1. The minimum absolute atomic E-state index is 0.165. The maximum absolute atomic E-state index is 12.0.